The molecule has 0 bridgehead atoms. The highest BCUT2D eigenvalue weighted by molar-refractivity contribution is 6.05. The number of fused-ring (bicyclic) bond motifs is 1. The van der Waals surface area contributed by atoms with Crippen LogP contribution in [-0.4, -0.2) is 17.2 Å². The molecule has 0 atom stereocenters. The van der Waals surface area contributed by atoms with Crippen molar-refractivity contribution < 1.29 is 27.5 Å². The SMILES string of the molecule is Cc1cc2c(cc1-c1ccc(NC(=O)c3c(C)coc3C)nc1)OC(F)(F)O2. The number of carbonyl (C=O) groups excluding carboxylic acids is 1. The van der Waals surface area contributed by atoms with E-state index in [1.807, 2.05) is 0 Å². The molecule has 3 heterocycles. The topological polar surface area (TPSA) is 73.6 Å². The number of carbonyl (C=O) groups is 1. The van der Waals surface area contributed by atoms with Gasteiger partial charge in [0.15, 0.2) is 11.5 Å². The minimum Gasteiger partial charge on any atom is -0.469 e. The number of ether oxygens (including phenoxy) is 2. The van der Waals surface area contributed by atoms with Gasteiger partial charge in [-0.2, -0.15) is 0 Å². The van der Waals surface area contributed by atoms with Crippen LogP contribution in [0.4, 0.5) is 14.6 Å². The number of nitrogens with one attached hydrogen (secondary N) is 1. The van der Waals surface area contributed by atoms with Crippen LogP contribution < -0.4 is 14.8 Å². The van der Waals surface area contributed by atoms with Crippen molar-refractivity contribution in [2.75, 3.05) is 5.32 Å². The minimum atomic E-state index is -3.66. The predicted octanol–water partition coefficient (Wildman–Crippen LogP) is 4.84. The Balaban J connectivity index is 1.57. The summed E-state index contributed by atoms with van der Waals surface area (Å²) in [4.78, 5) is 16.6. The number of rotatable bonds is 3. The van der Waals surface area contributed by atoms with Crippen molar-refractivity contribution in [2.24, 2.45) is 0 Å². The van der Waals surface area contributed by atoms with E-state index < -0.39 is 6.29 Å². The van der Waals surface area contributed by atoms with Crippen LogP contribution in [-0.2, 0) is 0 Å². The van der Waals surface area contributed by atoms with Gasteiger partial charge in [0, 0.05) is 17.3 Å². The van der Waals surface area contributed by atoms with E-state index in [0.29, 0.717) is 28.3 Å². The Hall–Kier alpha value is -3.42. The first-order chi connectivity index (χ1) is 13.2. The van der Waals surface area contributed by atoms with Crippen molar-refractivity contribution in [3.63, 3.8) is 0 Å². The Labute approximate surface area is 159 Å². The molecule has 4 rings (SSSR count). The highest BCUT2D eigenvalue weighted by atomic mass is 19.3. The van der Waals surface area contributed by atoms with E-state index >= 15 is 0 Å². The summed E-state index contributed by atoms with van der Waals surface area (Å²) in [7, 11) is 0. The summed E-state index contributed by atoms with van der Waals surface area (Å²) in [5.41, 5.74) is 3.29. The molecule has 1 amide bonds. The number of halogens is 2. The van der Waals surface area contributed by atoms with Gasteiger partial charge in [0.1, 0.15) is 11.6 Å². The van der Waals surface area contributed by atoms with Crippen molar-refractivity contribution in [2.45, 2.75) is 27.1 Å². The fourth-order valence-electron chi connectivity index (χ4n) is 3.13. The van der Waals surface area contributed by atoms with Crippen LogP contribution in [0.3, 0.4) is 0 Å². The van der Waals surface area contributed by atoms with Gasteiger partial charge in [0.25, 0.3) is 5.91 Å². The van der Waals surface area contributed by atoms with Crippen LogP contribution in [0, 0.1) is 20.8 Å². The van der Waals surface area contributed by atoms with Gasteiger partial charge in [-0.1, -0.05) is 0 Å². The molecular weight excluding hydrogens is 370 g/mol. The molecule has 6 nitrogen and oxygen atoms in total. The molecule has 0 saturated heterocycles. The molecule has 28 heavy (non-hydrogen) atoms. The number of hydrogen-bond donors (Lipinski definition) is 1. The zero-order chi connectivity index (χ0) is 20.1. The quantitative estimate of drug-likeness (QED) is 0.697. The lowest BCUT2D eigenvalue weighted by atomic mass is 10.0. The van der Waals surface area contributed by atoms with E-state index in [1.165, 1.54) is 18.4 Å². The van der Waals surface area contributed by atoms with E-state index in [9.17, 15) is 13.6 Å². The van der Waals surface area contributed by atoms with Gasteiger partial charge in [-0.25, -0.2) is 4.98 Å². The van der Waals surface area contributed by atoms with E-state index in [1.54, 1.807) is 39.1 Å². The molecule has 0 saturated carbocycles. The zero-order valence-corrected chi connectivity index (χ0v) is 15.3. The average Bonchev–Trinajstić information content (AvgIpc) is 3.11. The molecule has 0 aliphatic carbocycles. The highest BCUT2D eigenvalue weighted by Gasteiger charge is 2.43. The van der Waals surface area contributed by atoms with Crippen LogP contribution in [0.15, 0.2) is 41.1 Å². The first-order valence-electron chi connectivity index (χ1n) is 8.46. The number of aryl methyl sites for hydroxylation is 3. The Morgan fingerprint density at radius 2 is 1.79 bits per heavy atom. The fourth-order valence-corrected chi connectivity index (χ4v) is 3.13. The second kappa shape index (κ2) is 6.33. The van der Waals surface area contributed by atoms with Gasteiger partial charge in [0.2, 0.25) is 0 Å². The number of hydrogen-bond acceptors (Lipinski definition) is 5. The van der Waals surface area contributed by atoms with Crippen molar-refractivity contribution in [3.05, 3.63) is 59.2 Å². The maximum Gasteiger partial charge on any atom is 0.586 e. The minimum absolute atomic E-state index is 0.00561. The van der Waals surface area contributed by atoms with Crippen molar-refractivity contribution in [3.8, 4) is 22.6 Å². The molecule has 0 radical (unpaired) electrons. The molecule has 1 aliphatic rings. The Morgan fingerprint density at radius 1 is 1.07 bits per heavy atom. The van der Waals surface area contributed by atoms with Crippen LogP contribution in [0.25, 0.3) is 11.1 Å². The van der Waals surface area contributed by atoms with Crippen LogP contribution >= 0.6 is 0 Å². The highest BCUT2D eigenvalue weighted by Crippen LogP contribution is 2.44. The molecular formula is C20H16F2N2O4. The summed E-state index contributed by atoms with van der Waals surface area (Å²) >= 11 is 0. The summed E-state index contributed by atoms with van der Waals surface area (Å²) in [6, 6.07) is 6.35. The maximum atomic E-state index is 13.2. The van der Waals surface area contributed by atoms with E-state index in [2.05, 4.69) is 19.8 Å². The molecule has 3 aromatic rings. The smallest absolute Gasteiger partial charge is 0.469 e. The molecule has 0 fully saturated rings. The first kappa shape index (κ1) is 18.0. The maximum absolute atomic E-state index is 13.2. The van der Waals surface area contributed by atoms with Crippen molar-refractivity contribution in [1.82, 2.24) is 4.98 Å². The average molecular weight is 386 g/mol. The largest absolute Gasteiger partial charge is 0.586 e. The van der Waals surface area contributed by atoms with Crippen LogP contribution in [0.2, 0.25) is 0 Å². The molecule has 0 spiro atoms. The lowest BCUT2D eigenvalue weighted by Crippen LogP contribution is -2.25. The Bertz CT molecular complexity index is 1060. The normalized spacial score (nSPS) is 14.2. The molecule has 1 aromatic carbocycles. The molecule has 0 unspecified atom stereocenters. The zero-order valence-electron chi connectivity index (χ0n) is 15.3. The fraction of sp³-hybridized carbons (Fsp3) is 0.200. The third-order valence-electron chi connectivity index (χ3n) is 4.45. The lowest BCUT2D eigenvalue weighted by Gasteiger charge is -2.09. The standard InChI is InChI=1S/C20H16F2N2O4/c1-10-6-15-16(28-20(21,22)27-15)7-14(10)13-4-5-17(23-8-13)24-19(25)18-11(2)9-26-12(18)3/h4-9H,1-3H3,(H,23,24,25). The molecule has 1 N–H and O–H groups in total. The summed E-state index contributed by atoms with van der Waals surface area (Å²) in [5, 5.41) is 2.72. The lowest BCUT2D eigenvalue weighted by molar-refractivity contribution is -0.286. The molecule has 2 aromatic heterocycles. The van der Waals surface area contributed by atoms with Gasteiger partial charge < -0.3 is 19.2 Å². The summed E-state index contributed by atoms with van der Waals surface area (Å²) < 4.78 is 40.7. The monoisotopic (exact) mass is 386 g/mol. The third-order valence-corrected chi connectivity index (χ3v) is 4.45. The van der Waals surface area contributed by atoms with Crippen LogP contribution in [0.1, 0.15) is 27.2 Å². The molecule has 144 valence electrons. The number of nitrogens with zero attached hydrogens (tertiary/aromatic N) is 1. The van der Waals surface area contributed by atoms with Crippen molar-refractivity contribution >= 4 is 11.7 Å². The first-order valence-corrected chi connectivity index (χ1v) is 8.46. The van der Waals surface area contributed by atoms with Gasteiger partial charge in [-0.05, 0) is 56.2 Å². The van der Waals surface area contributed by atoms with Crippen molar-refractivity contribution in [1.29, 1.82) is 0 Å². The van der Waals surface area contributed by atoms with Gasteiger partial charge in [-0.15, -0.1) is 8.78 Å². The number of furan rings is 1. The number of anilines is 1. The number of amides is 1. The molecule has 8 heteroatoms. The van der Waals surface area contributed by atoms with Gasteiger partial charge in [-0.3, -0.25) is 4.79 Å². The number of aromatic nitrogens is 1. The van der Waals surface area contributed by atoms with Crippen LogP contribution in [0.5, 0.6) is 11.5 Å². The van der Waals surface area contributed by atoms with E-state index in [-0.39, 0.29) is 17.4 Å². The van der Waals surface area contributed by atoms with E-state index in [0.717, 1.165) is 11.1 Å². The predicted molar refractivity (Wildman–Crippen MR) is 96.7 cm³/mol. The summed E-state index contributed by atoms with van der Waals surface area (Å²) in [6.45, 7) is 5.27. The number of pyridine rings is 1. The van der Waals surface area contributed by atoms with E-state index in [4.69, 9.17) is 4.42 Å². The number of benzene rings is 1. The third kappa shape index (κ3) is 3.17. The Morgan fingerprint density at radius 3 is 2.39 bits per heavy atom. The molecule has 1 aliphatic heterocycles. The second-order valence-electron chi connectivity index (χ2n) is 6.52. The summed E-state index contributed by atoms with van der Waals surface area (Å²) in [5.74, 6) is 0.534. The Kier molecular flexibility index (Phi) is 4.06. The second-order valence-corrected chi connectivity index (χ2v) is 6.52. The summed E-state index contributed by atoms with van der Waals surface area (Å²) in [6.07, 6.45) is -0.594. The van der Waals surface area contributed by atoms with Gasteiger partial charge in [0.05, 0.1) is 11.8 Å². The van der Waals surface area contributed by atoms with Gasteiger partial charge >= 0.3 is 6.29 Å². The number of alkyl halides is 2.